The highest BCUT2D eigenvalue weighted by molar-refractivity contribution is 5.94. The number of hydrogen-bond donors (Lipinski definition) is 2. The highest BCUT2D eigenvalue weighted by Crippen LogP contribution is 2.25. The molecule has 0 aromatic carbocycles. The van der Waals surface area contributed by atoms with Crippen molar-refractivity contribution in [2.75, 3.05) is 11.9 Å². The van der Waals surface area contributed by atoms with Gasteiger partial charge in [-0.25, -0.2) is 4.98 Å². The first-order valence-corrected chi connectivity index (χ1v) is 6.97. The molecule has 102 valence electrons. The van der Waals surface area contributed by atoms with Crippen LogP contribution in [0.5, 0.6) is 5.75 Å². The van der Waals surface area contributed by atoms with Crippen molar-refractivity contribution in [2.24, 2.45) is 0 Å². The van der Waals surface area contributed by atoms with Gasteiger partial charge in [0.25, 0.3) is 5.91 Å². The van der Waals surface area contributed by atoms with E-state index in [0.717, 1.165) is 12.2 Å². The molecule has 2 N–H and O–H groups in total. The molecule has 2 aliphatic rings. The zero-order valence-electron chi connectivity index (χ0n) is 10.9. The molecule has 1 aliphatic heterocycles. The maximum absolute atomic E-state index is 11.3. The molecule has 19 heavy (non-hydrogen) atoms. The van der Waals surface area contributed by atoms with Gasteiger partial charge in [-0.2, -0.15) is 0 Å². The largest absolute Gasteiger partial charge is 0.480 e. The van der Waals surface area contributed by atoms with E-state index in [-0.39, 0.29) is 12.5 Å². The second kappa shape index (κ2) is 5.57. The van der Waals surface area contributed by atoms with Crippen LogP contribution < -0.4 is 15.4 Å². The van der Waals surface area contributed by atoms with Gasteiger partial charge in [0.05, 0.1) is 5.69 Å². The number of fused-ring (bicyclic) bond motifs is 1. The number of rotatable bonds is 3. The van der Waals surface area contributed by atoms with Crippen molar-refractivity contribution in [3.05, 3.63) is 17.8 Å². The van der Waals surface area contributed by atoms with E-state index in [1.165, 1.54) is 32.1 Å². The lowest BCUT2D eigenvalue weighted by Gasteiger charge is -2.23. The summed E-state index contributed by atoms with van der Waals surface area (Å²) in [6, 6.07) is 4.43. The van der Waals surface area contributed by atoms with Crippen LogP contribution in [0.2, 0.25) is 0 Å². The summed E-state index contributed by atoms with van der Waals surface area (Å²) < 4.78 is 5.29. The molecular formula is C14H19N3O2. The lowest BCUT2D eigenvalue weighted by atomic mass is 9.95. The van der Waals surface area contributed by atoms with Gasteiger partial charge in [-0.1, -0.05) is 19.3 Å². The predicted molar refractivity (Wildman–Crippen MR) is 72.1 cm³/mol. The molecule has 1 saturated carbocycles. The predicted octanol–water partition coefficient (Wildman–Crippen LogP) is 1.83. The molecule has 1 amide bonds. The fourth-order valence-electron chi connectivity index (χ4n) is 2.66. The van der Waals surface area contributed by atoms with Gasteiger partial charge >= 0.3 is 0 Å². The standard InChI is InChI=1S/C14H19N3O2/c18-13-9-19-12-7-6-11(16-14(12)17-13)8-15-10-4-2-1-3-5-10/h6-7,10,15H,1-5,8-9H2,(H,16,17,18). The van der Waals surface area contributed by atoms with Crippen molar-refractivity contribution >= 4 is 11.7 Å². The van der Waals surface area contributed by atoms with E-state index in [2.05, 4.69) is 15.6 Å². The number of amides is 1. The molecule has 0 radical (unpaired) electrons. The van der Waals surface area contributed by atoms with Crippen LogP contribution >= 0.6 is 0 Å². The molecule has 0 bridgehead atoms. The number of ether oxygens (including phenoxy) is 1. The van der Waals surface area contributed by atoms with Gasteiger partial charge in [-0.15, -0.1) is 0 Å². The van der Waals surface area contributed by atoms with Gasteiger partial charge in [0, 0.05) is 12.6 Å². The molecule has 3 rings (SSSR count). The van der Waals surface area contributed by atoms with Gasteiger partial charge in [0.15, 0.2) is 18.2 Å². The molecule has 1 aliphatic carbocycles. The molecule has 0 unspecified atom stereocenters. The topological polar surface area (TPSA) is 63.2 Å². The monoisotopic (exact) mass is 261 g/mol. The minimum atomic E-state index is -0.141. The summed E-state index contributed by atoms with van der Waals surface area (Å²) in [6.07, 6.45) is 6.51. The van der Waals surface area contributed by atoms with Crippen LogP contribution in [0.1, 0.15) is 37.8 Å². The first-order valence-electron chi connectivity index (χ1n) is 6.97. The van der Waals surface area contributed by atoms with Crippen LogP contribution in [-0.4, -0.2) is 23.5 Å². The van der Waals surface area contributed by atoms with Crippen molar-refractivity contribution in [1.82, 2.24) is 10.3 Å². The molecular weight excluding hydrogens is 242 g/mol. The third-order valence-corrected chi connectivity index (χ3v) is 3.71. The summed E-state index contributed by atoms with van der Waals surface area (Å²) in [5, 5.41) is 6.28. The van der Waals surface area contributed by atoms with E-state index in [1.54, 1.807) is 0 Å². The summed E-state index contributed by atoms with van der Waals surface area (Å²) in [6.45, 7) is 0.822. The van der Waals surface area contributed by atoms with E-state index < -0.39 is 0 Å². The Morgan fingerprint density at radius 2 is 2.16 bits per heavy atom. The lowest BCUT2D eigenvalue weighted by molar-refractivity contribution is -0.118. The normalized spacial score (nSPS) is 19.5. The number of anilines is 1. The number of aromatic nitrogens is 1. The number of pyridine rings is 1. The first-order chi connectivity index (χ1) is 9.31. The SMILES string of the molecule is O=C1COc2ccc(CNC3CCCCC3)nc2N1. The quantitative estimate of drug-likeness (QED) is 0.871. The number of hydrogen-bond acceptors (Lipinski definition) is 4. The molecule has 1 aromatic rings. The molecule has 0 spiro atoms. The molecule has 1 aromatic heterocycles. The van der Waals surface area contributed by atoms with E-state index in [1.807, 2.05) is 12.1 Å². The molecule has 2 heterocycles. The van der Waals surface area contributed by atoms with Gasteiger partial charge < -0.3 is 15.4 Å². The Morgan fingerprint density at radius 1 is 1.32 bits per heavy atom. The summed E-state index contributed by atoms with van der Waals surface area (Å²) >= 11 is 0. The number of carbonyl (C=O) groups excluding carboxylic acids is 1. The highest BCUT2D eigenvalue weighted by atomic mass is 16.5. The molecule has 5 nitrogen and oxygen atoms in total. The summed E-state index contributed by atoms with van der Waals surface area (Å²) in [5.41, 5.74) is 0.940. The third-order valence-electron chi connectivity index (χ3n) is 3.71. The fraction of sp³-hybridized carbons (Fsp3) is 0.571. The molecule has 0 atom stereocenters. The Hall–Kier alpha value is -1.62. The Balaban J connectivity index is 1.61. The molecule has 0 saturated heterocycles. The van der Waals surface area contributed by atoms with E-state index in [9.17, 15) is 4.79 Å². The van der Waals surface area contributed by atoms with E-state index in [4.69, 9.17) is 4.74 Å². The average Bonchev–Trinajstić information content (AvgIpc) is 2.46. The van der Waals surface area contributed by atoms with Crippen LogP contribution in [-0.2, 0) is 11.3 Å². The smallest absolute Gasteiger partial charge is 0.263 e. The molecule has 5 heteroatoms. The molecule has 1 fully saturated rings. The number of nitrogens with zero attached hydrogens (tertiary/aromatic N) is 1. The zero-order chi connectivity index (χ0) is 13.1. The maximum atomic E-state index is 11.3. The Bertz CT molecular complexity index is 470. The minimum absolute atomic E-state index is 0.0777. The maximum Gasteiger partial charge on any atom is 0.263 e. The van der Waals surface area contributed by atoms with Crippen LogP contribution in [0.4, 0.5) is 5.82 Å². The van der Waals surface area contributed by atoms with Crippen LogP contribution in [0, 0.1) is 0 Å². The Labute approximate surface area is 112 Å². The van der Waals surface area contributed by atoms with Gasteiger partial charge in [0.1, 0.15) is 0 Å². The van der Waals surface area contributed by atoms with Crippen LogP contribution in [0.25, 0.3) is 0 Å². The number of carbonyl (C=O) groups is 1. The van der Waals surface area contributed by atoms with Crippen molar-refractivity contribution in [2.45, 2.75) is 44.7 Å². The van der Waals surface area contributed by atoms with Crippen LogP contribution in [0.3, 0.4) is 0 Å². The summed E-state index contributed by atoms with van der Waals surface area (Å²) in [4.78, 5) is 15.7. The van der Waals surface area contributed by atoms with E-state index in [0.29, 0.717) is 17.6 Å². The zero-order valence-corrected chi connectivity index (χ0v) is 10.9. The van der Waals surface area contributed by atoms with Gasteiger partial charge in [-0.3, -0.25) is 4.79 Å². The van der Waals surface area contributed by atoms with E-state index >= 15 is 0 Å². The van der Waals surface area contributed by atoms with Crippen molar-refractivity contribution in [3.63, 3.8) is 0 Å². The second-order valence-corrected chi connectivity index (χ2v) is 5.20. The van der Waals surface area contributed by atoms with Crippen molar-refractivity contribution in [1.29, 1.82) is 0 Å². The van der Waals surface area contributed by atoms with Crippen LogP contribution in [0.15, 0.2) is 12.1 Å². The summed E-state index contributed by atoms with van der Waals surface area (Å²) in [7, 11) is 0. The number of nitrogens with one attached hydrogen (secondary N) is 2. The summed E-state index contributed by atoms with van der Waals surface area (Å²) in [5.74, 6) is 1.05. The Kier molecular flexibility index (Phi) is 3.64. The average molecular weight is 261 g/mol. The fourth-order valence-corrected chi connectivity index (χ4v) is 2.66. The third kappa shape index (κ3) is 3.04. The Morgan fingerprint density at radius 3 is 3.00 bits per heavy atom. The minimum Gasteiger partial charge on any atom is -0.480 e. The van der Waals surface area contributed by atoms with Crippen molar-refractivity contribution < 1.29 is 9.53 Å². The van der Waals surface area contributed by atoms with Crippen molar-refractivity contribution in [3.8, 4) is 5.75 Å². The first kappa shape index (κ1) is 12.4. The second-order valence-electron chi connectivity index (χ2n) is 5.20. The van der Waals surface area contributed by atoms with Gasteiger partial charge in [0.2, 0.25) is 0 Å². The lowest BCUT2D eigenvalue weighted by Crippen LogP contribution is -2.31. The highest BCUT2D eigenvalue weighted by Gasteiger charge is 2.18. The van der Waals surface area contributed by atoms with Gasteiger partial charge in [-0.05, 0) is 25.0 Å².